The predicted molar refractivity (Wildman–Crippen MR) is 113 cm³/mol. The Kier molecular flexibility index (Phi) is 6.14. The highest BCUT2D eigenvalue weighted by Crippen LogP contribution is 2.29. The summed E-state index contributed by atoms with van der Waals surface area (Å²) in [5, 5.41) is 1.23. The van der Waals surface area contributed by atoms with Crippen LogP contribution in [-0.4, -0.2) is 45.1 Å². The molecule has 2 aromatic rings. The second-order valence-electron chi connectivity index (χ2n) is 7.50. The Balaban J connectivity index is 1.84. The summed E-state index contributed by atoms with van der Waals surface area (Å²) in [4.78, 5) is 45.4. The zero-order chi connectivity index (χ0) is 20.6. The zero-order valence-corrected chi connectivity index (χ0v) is 18.3. The molecule has 1 aliphatic heterocycles. The number of primary amides is 1. The lowest BCUT2D eigenvalue weighted by Crippen LogP contribution is -2.44. The highest BCUT2D eigenvalue weighted by molar-refractivity contribution is 7.99. The van der Waals surface area contributed by atoms with Gasteiger partial charge in [-0.25, -0.2) is 4.98 Å². The summed E-state index contributed by atoms with van der Waals surface area (Å²) >= 11 is 2.79. The maximum atomic E-state index is 13.1. The summed E-state index contributed by atoms with van der Waals surface area (Å²) in [7, 11) is 0. The Hall–Kier alpha value is -1.87. The van der Waals surface area contributed by atoms with Crippen molar-refractivity contribution >= 4 is 45.1 Å². The molecular weight excluding hydrogens is 396 g/mol. The molecule has 28 heavy (non-hydrogen) atoms. The van der Waals surface area contributed by atoms with Gasteiger partial charge in [-0.2, -0.15) is 0 Å². The molecule has 9 heteroatoms. The van der Waals surface area contributed by atoms with Gasteiger partial charge in [-0.1, -0.05) is 11.8 Å². The van der Waals surface area contributed by atoms with Crippen LogP contribution in [0.4, 0.5) is 0 Å². The lowest BCUT2D eigenvalue weighted by molar-refractivity contribution is -0.132. The molecule has 0 bridgehead atoms. The van der Waals surface area contributed by atoms with Crippen molar-refractivity contribution in [3.05, 3.63) is 20.8 Å². The number of likely N-dealkylation sites (tertiary alicyclic amines) is 1. The number of aromatic nitrogens is 2. The molecule has 0 spiro atoms. The number of thiophene rings is 1. The number of nitrogens with zero attached hydrogens (tertiary/aromatic N) is 3. The summed E-state index contributed by atoms with van der Waals surface area (Å²) in [5.74, 6) is -0.504. The third kappa shape index (κ3) is 3.96. The molecule has 7 nitrogen and oxygen atoms in total. The van der Waals surface area contributed by atoms with Crippen molar-refractivity contribution in [2.24, 2.45) is 11.7 Å². The van der Waals surface area contributed by atoms with E-state index in [0.717, 1.165) is 28.1 Å². The van der Waals surface area contributed by atoms with Crippen molar-refractivity contribution in [2.75, 3.05) is 18.8 Å². The topological polar surface area (TPSA) is 98.3 Å². The fraction of sp³-hybridized carbons (Fsp3) is 0.579. The van der Waals surface area contributed by atoms with Crippen molar-refractivity contribution in [1.82, 2.24) is 14.5 Å². The van der Waals surface area contributed by atoms with E-state index in [0.29, 0.717) is 23.6 Å². The van der Waals surface area contributed by atoms with Crippen LogP contribution in [-0.2, 0) is 9.59 Å². The molecule has 2 aromatic heterocycles. The van der Waals surface area contributed by atoms with Crippen LogP contribution in [0.3, 0.4) is 0 Å². The first kappa shape index (κ1) is 20.9. The molecule has 1 fully saturated rings. The van der Waals surface area contributed by atoms with E-state index >= 15 is 0 Å². The Morgan fingerprint density at radius 3 is 2.71 bits per heavy atom. The van der Waals surface area contributed by atoms with Crippen molar-refractivity contribution in [2.45, 2.75) is 51.7 Å². The van der Waals surface area contributed by atoms with Gasteiger partial charge in [0.1, 0.15) is 4.83 Å². The van der Waals surface area contributed by atoms with Gasteiger partial charge in [-0.3, -0.25) is 19.0 Å². The fourth-order valence-electron chi connectivity index (χ4n) is 3.50. The Labute approximate surface area is 172 Å². The standard InChI is InChI=1S/C19H26N4O3S2/c1-10(2)23-18(26)15-11(3)12(4)28-17(15)21-19(23)27-9-14(24)22-7-5-6-13(8-22)16(20)25/h10,13H,5-9H2,1-4H3,(H2,20,25)/t13-/m0/s1. The molecule has 0 radical (unpaired) electrons. The summed E-state index contributed by atoms with van der Waals surface area (Å²) in [6.07, 6.45) is 1.51. The van der Waals surface area contributed by atoms with E-state index in [9.17, 15) is 14.4 Å². The van der Waals surface area contributed by atoms with Crippen LogP contribution in [0.5, 0.6) is 0 Å². The third-order valence-corrected chi connectivity index (χ3v) is 7.26. The van der Waals surface area contributed by atoms with Crippen LogP contribution in [0.2, 0.25) is 0 Å². The lowest BCUT2D eigenvalue weighted by Gasteiger charge is -2.31. The molecule has 0 aromatic carbocycles. The maximum Gasteiger partial charge on any atom is 0.263 e. The minimum absolute atomic E-state index is 0.0523. The normalized spacial score (nSPS) is 17.5. The number of hydrogen-bond acceptors (Lipinski definition) is 6. The number of amides is 2. The Morgan fingerprint density at radius 2 is 2.07 bits per heavy atom. The highest BCUT2D eigenvalue weighted by Gasteiger charge is 2.27. The monoisotopic (exact) mass is 422 g/mol. The molecule has 1 saturated heterocycles. The molecule has 152 valence electrons. The fourth-order valence-corrected chi connectivity index (χ4v) is 5.60. The van der Waals surface area contributed by atoms with E-state index in [1.807, 2.05) is 27.7 Å². The number of fused-ring (bicyclic) bond motifs is 1. The minimum Gasteiger partial charge on any atom is -0.369 e. The van der Waals surface area contributed by atoms with Crippen molar-refractivity contribution in [3.8, 4) is 0 Å². The van der Waals surface area contributed by atoms with Crippen LogP contribution in [0.25, 0.3) is 10.2 Å². The van der Waals surface area contributed by atoms with E-state index in [2.05, 4.69) is 0 Å². The zero-order valence-electron chi connectivity index (χ0n) is 16.7. The lowest BCUT2D eigenvalue weighted by atomic mass is 9.97. The number of carbonyl (C=O) groups is 2. The number of piperidine rings is 1. The van der Waals surface area contributed by atoms with E-state index in [1.54, 1.807) is 9.47 Å². The molecule has 3 heterocycles. The van der Waals surface area contributed by atoms with Gasteiger partial charge < -0.3 is 10.6 Å². The number of nitrogens with two attached hydrogens (primary N) is 1. The van der Waals surface area contributed by atoms with Crippen LogP contribution >= 0.6 is 23.1 Å². The molecule has 1 atom stereocenters. The average Bonchev–Trinajstić information content (AvgIpc) is 2.93. The van der Waals surface area contributed by atoms with Gasteiger partial charge in [0.25, 0.3) is 5.56 Å². The highest BCUT2D eigenvalue weighted by atomic mass is 32.2. The van der Waals surface area contributed by atoms with Gasteiger partial charge in [-0.05, 0) is 46.1 Å². The molecular formula is C19H26N4O3S2. The summed E-state index contributed by atoms with van der Waals surface area (Å²) in [5.41, 5.74) is 6.33. The first-order valence-electron chi connectivity index (χ1n) is 9.42. The molecule has 3 rings (SSSR count). The number of thioether (sulfide) groups is 1. The second kappa shape index (κ2) is 8.24. The largest absolute Gasteiger partial charge is 0.369 e. The predicted octanol–water partition coefficient (Wildman–Crippen LogP) is 2.47. The van der Waals surface area contributed by atoms with Crippen LogP contribution in [0.15, 0.2) is 9.95 Å². The van der Waals surface area contributed by atoms with Crippen LogP contribution in [0, 0.1) is 19.8 Å². The molecule has 1 aliphatic rings. The average molecular weight is 423 g/mol. The van der Waals surface area contributed by atoms with Gasteiger partial charge in [0.15, 0.2) is 5.16 Å². The first-order chi connectivity index (χ1) is 13.2. The number of aryl methyl sites for hydroxylation is 2. The molecule has 2 N–H and O–H groups in total. The van der Waals surface area contributed by atoms with E-state index in [1.165, 1.54) is 23.1 Å². The van der Waals surface area contributed by atoms with Crippen molar-refractivity contribution < 1.29 is 9.59 Å². The van der Waals surface area contributed by atoms with Gasteiger partial charge >= 0.3 is 0 Å². The first-order valence-corrected chi connectivity index (χ1v) is 11.2. The van der Waals surface area contributed by atoms with Gasteiger partial charge in [-0.15, -0.1) is 11.3 Å². The second-order valence-corrected chi connectivity index (χ2v) is 9.64. The number of hydrogen-bond donors (Lipinski definition) is 1. The summed E-state index contributed by atoms with van der Waals surface area (Å²) in [6.45, 7) is 8.83. The number of carbonyl (C=O) groups excluding carboxylic acids is 2. The van der Waals surface area contributed by atoms with Crippen LogP contribution < -0.4 is 11.3 Å². The third-order valence-electron chi connectivity index (χ3n) is 5.22. The van der Waals surface area contributed by atoms with Crippen molar-refractivity contribution in [3.63, 3.8) is 0 Å². The molecule has 0 unspecified atom stereocenters. The Morgan fingerprint density at radius 1 is 1.36 bits per heavy atom. The van der Waals surface area contributed by atoms with E-state index in [4.69, 9.17) is 10.7 Å². The summed E-state index contributed by atoms with van der Waals surface area (Å²) in [6, 6.07) is -0.0594. The minimum atomic E-state index is -0.352. The Bertz CT molecular complexity index is 980. The van der Waals surface area contributed by atoms with Crippen molar-refractivity contribution in [1.29, 1.82) is 0 Å². The summed E-state index contributed by atoms with van der Waals surface area (Å²) < 4.78 is 1.67. The molecule has 0 aliphatic carbocycles. The molecule has 0 saturated carbocycles. The SMILES string of the molecule is Cc1sc2nc(SCC(=O)N3CCC[C@H](C(N)=O)C3)n(C(C)C)c(=O)c2c1C. The van der Waals surface area contributed by atoms with Gasteiger partial charge in [0.05, 0.1) is 17.1 Å². The quantitative estimate of drug-likeness (QED) is 0.590. The van der Waals surface area contributed by atoms with Gasteiger partial charge in [0, 0.05) is 24.0 Å². The molecule has 2 amide bonds. The van der Waals surface area contributed by atoms with Gasteiger partial charge in [0.2, 0.25) is 11.8 Å². The van der Waals surface area contributed by atoms with E-state index in [-0.39, 0.29) is 35.1 Å². The number of rotatable bonds is 5. The van der Waals surface area contributed by atoms with E-state index < -0.39 is 0 Å². The van der Waals surface area contributed by atoms with Crippen LogP contribution in [0.1, 0.15) is 43.2 Å². The maximum absolute atomic E-state index is 13.1. The smallest absolute Gasteiger partial charge is 0.263 e.